The van der Waals surface area contributed by atoms with Crippen LogP contribution in [-0.2, 0) is 4.79 Å². The quantitative estimate of drug-likeness (QED) is 0.712. The van der Waals surface area contributed by atoms with Gasteiger partial charge in [0.2, 0.25) is 5.91 Å². The number of amides is 1. The van der Waals surface area contributed by atoms with Gasteiger partial charge in [-0.1, -0.05) is 0 Å². The molecule has 0 aromatic heterocycles. The monoisotopic (exact) mass is 306 g/mol. The summed E-state index contributed by atoms with van der Waals surface area (Å²) in [5.74, 6) is 3.07. The summed E-state index contributed by atoms with van der Waals surface area (Å²) in [7, 11) is 0. The van der Waals surface area contributed by atoms with Gasteiger partial charge in [-0.15, -0.1) is 0 Å². The first-order chi connectivity index (χ1) is 10.3. The number of nitriles is 2. The number of nitrogens with zero attached hydrogens (tertiary/aromatic N) is 4. The summed E-state index contributed by atoms with van der Waals surface area (Å²) < 4.78 is 0. The molecule has 1 atom stereocenters. The average Bonchev–Trinajstić information content (AvgIpc) is 3.32. The molecular formula is C15H22N4OS. The number of hydrogen-bond donors (Lipinski definition) is 0. The molecule has 1 aliphatic carbocycles. The van der Waals surface area contributed by atoms with Crippen molar-refractivity contribution in [1.82, 2.24) is 9.80 Å². The number of hydrogen-bond acceptors (Lipinski definition) is 5. The van der Waals surface area contributed by atoms with Crippen molar-refractivity contribution in [1.29, 1.82) is 10.5 Å². The lowest BCUT2D eigenvalue weighted by Crippen LogP contribution is -2.49. The van der Waals surface area contributed by atoms with Crippen LogP contribution in [0.1, 0.15) is 25.7 Å². The highest BCUT2D eigenvalue weighted by Crippen LogP contribution is 2.38. The fourth-order valence-electron chi connectivity index (χ4n) is 2.77. The number of carbonyl (C=O) groups is 1. The Kier molecular flexibility index (Phi) is 6.35. The van der Waals surface area contributed by atoms with Crippen LogP contribution in [0, 0.1) is 28.6 Å². The van der Waals surface area contributed by atoms with Gasteiger partial charge in [0.15, 0.2) is 0 Å². The van der Waals surface area contributed by atoms with Crippen LogP contribution in [0.4, 0.5) is 0 Å². The highest BCUT2D eigenvalue weighted by Gasteiger charge is 2.37. The fraction of sp³-hybridized carbons (Fsp3) is 0.800. The Morgan fingerprint density at radius 1 is 1.24 bits per heavy atom. The number of thioether (sulfide) groups is 1. The molecule has 1 saturated heterocycles. The largest absolute Gasteiger partial charge is 0.340 e. The minimum atomic E-state index is 0.0676. The maximum Gasteiger partial charge on any atom is 0.236 e. The number of carbonyl (C=O) groups excluding carboxylic acids is 1. The minimum Gasteiger partial charge on any atom is -0.340 e. The molecule has 1 unspecified atom stereocenters. The van der Waals surface area contributed by atoms with Crippen molar-refractivity contribution in [2.24, 2.45) is 5.92 Å². The molecule has 2 rings (SSSR count). The van der Waals surface area contributed by atoms with Crippen LogP contribution in [0.5, 0.6) is 0 Å². The molecule has 5 nitrogen and oxygen atoms in total. The summed E-state index contributed by atoms with van der Waals surface area (Å²) in [6.07, 6.45) is 3.25. The van der Waals surface area contributed by atoms with E-state index in [1.54, 1.807) is 4.90 Å². The Morgan fingerprint density at radius 3 is 2.48 bits per heavy atom. The van der Waals surface area contributed by atoms with Gasteiger partial charge in [0.1, 0.15) is 0 Å². The summed E-state index contributed by atoms with van der Waals surface area (Å²) >= 11 is 1.99. The molecule has 0 radical (unpaired) electrons. The summed E-state index contributed by atoms with van der Waals surface area (Å²) in [6, 6.07) is 4.70. The van der Waals surface area contributed by atoms with E-state index < -0.39 is 0 Å². The molecular weight excluding hydrogens is 284 g/mol. The highest BCUT2D eigenvalue weighted by atomic mass is 32.2. The summed E-state index contributed by atoms with van der Waals surface area (Å²) in [5, 5.41) is 17.4. The molecule has 0 N–H and O–H groups in total. The molecule has 2 fully saturated rings. The van der Waals surface area contributed by atoms with Gasteiger partial charge < -0.3 is 4.90 Å². The lowest BCUT2D eigenvalue weighted by atomic mass is 10.1. The molecule has 1 aliphatic heterocycles. The standard InChI is InChI=1S/C15H22N4OS/c16-5-1-7-18(8-2-6-17)15(20)11-19-9-10-21-12-14(19)13-3-4-13/h13-14H,1-4,7-12H2. The van der Waals surface area contributed by atoms with E-state index in [0.29, 0.717) is 38.5 Å². The normalized spacial score (nSPS) is 22.3. The molecule has 0 aromatic carbocycles. The van der Waals surface area contributed by atoms with Crippen LogP contribution in [-0.4, -0.2) is 59.4 Å². The Bertz CT molecular complexity index is 420. The van der Waals surface area contributed by atoms with Crippen LogP contribution in [0.3, 0.4) is 0 Å². The van der Waals surface area contributed by atoms with Crippen molar-refractivity contribution in [2.45, 2.75) is 31.7 Å². The van der Waals surface area contributed by atoms with E-state index in [9.17, 15) is 4.79 Å². The average molecular weight is 306 g/mol. The maximum absolute atomic E-state index is 12.5. The van der Waals surface area contributed by atoms with Crippen LogP contribution >= 0.6 is 11.8 Å². The zero-order chi connectivity index (χ0) is 15.1. The predicted molar refractivity (Wildman–Crippen MR) is 82.5 cm³/mol. The first-order valence-corrected chi connectivity index (χ1v) is 8.75. The van der Waals surface area contributed by atoms with Crippen LogP contribution in [0.25, 0.3) is 0 Å². The minimum absolute atomic E-state index is 0.0676. The van der Waals surface area contributed by atoms with Crippen molar-refractivity contribution < 1.29 is 4.79 Å². The summed E-state index contributed by atoms with van der Waals surface area (Å²) in [5.41, 5.74) is 0. The second-order valence-electron chi connectivity index (χ2n) is 5.65. The van der Waals surface area contributed by atoms with Crippen molar-refractivity contribution in [3.05, 3.63) is 0 Å². The van der Waals surface area contributed by atoms with E-state index >= 15 is 0 Å². The molecule has 0 spiro atoms. The lowest BCUT2D eigenvalue weighted by molar-refractivity contribution is -0.132. The second kappa shape index (κ2) is 8.26. The third-order valence-corrected chi connectivity index (χ3v) is 5.17. The van der Waals surface area contributed by atoms with Crippen LogP contribution in [0.15, 0.2) is 0 Å². The van der Waals surface area contributed by atoms with Gasteiger partial charge in [0, 0.05) is 37.2 Å². The SMILES string of the molecule is N#CCCN(CCC#N)C(=O)CN1CCSCC1C1CC1. The Balaban J connectivity index is 1.89. The molecule has 1 amide bonds. The van der Waals surface area contributed by atoms with Crippen molar-refractivity contribution in [2.75, 3.05) is 37.7 Å². The lowest BCUT2D eigenvalue weighted by Gasteiger charge is -2.36. The zero-order valence-electron chi connectivity index (χ0n) is 12.3. The molecule has 6 heteroatoms. The van der Waals surface area contributed by atoms with Gasteiger partial charge in [0.25, 0.3) is 0 Å². The molecule has 114 valence electrons. The molecule has 1 heterocycles. The molecule has 1 saturated carbocycles. The first-order valence-electron chi connectivity index (χ1n) is 7.59. The topological polar surface area (TPSA) is 71.1 Å². The van der Waals surface area contributed by atoms with E-state index in [1.807, 2.05) is 11.8 Å². The zero-order valence-corrected chi connectivity index (χ0v) is 13.1. The van der Waals surface area contributed by atoms with Gasteiger partial charge in [-0.2, -0.15) is 22.3 Å². The predicted octanol–water partition coefficient (Wildman–Crippen LogP) is 1.47. The van der Waals surface area contributed by atoms with Gasteiger partial charge >= 0.3 is 0 Å². The second-order valence-corrected chi connectivity index (χ2v) is 6.80. The van der Waals surface area contributed by atoms with Crippen LogP contribution < -0.4 is 0 Å². The Hall–Kier alpha value is -1.24. The third-order valence-electron chi connectivity index (χ3n) is 4.12. The van der Waals surface area contributed by atoms with Gasteiger partial charge in [-0.25, -0.2) is 0 Å². The first kappa shape index (κ1) is 16.1. The molecule has 0 aromatic rings. The Morgan fingerprint density at radius 2 is 1.90 bits per heavy atom. The highest BCUT2D eigenvalue weighted by molar-refractivity contribution is 7.99. The smallest absolute Gasteiger partial charge is 0.236 e. The van der Waals surface area contributed by atoms with Crippen LogP contribution in [0.2, 0.25) is 0 Å². The van der Waals surface area contributed by atoms with Gasteiger partial charge in [-0.3, -0.25) is 9.69 Å². The van der Waals surface area contributed by atoms with E-state index in [4.69, 9.17) is 10.5 Å². The summed E-state index contributed by atoms with van der Waals surface area (Å²) in [4.78, 5) is 16.5. The van der Waals surface area contributed by atoms with E-state index in [2.05, 4.69) is 17.0 Å². The number of rotatable bonds is 7. The van der Waals surface area contributed by atoms with Gasteiger partial charge in [0.05, 0.1) is 31.5 Å². The van der Waals surface area contributed by atoms with Crippen molar-refractivity contribution >= 4 is 17.7 Å². The van der Waals surface area contributed by atoms with E-state index in [1.165, 1.54) is 12.8 Å². The molecule has 2 aliphatic rings. The van der Waals surface area contributed by atoms with E-state index in [-0.39, 0.29) is 5.91 Å². The summed E-state index contributed by atoms with van der Waals surface area (Å²) in [6.45, 7) is 2.29. The molecule has 0 bridgehead atoms. The van der Waals surface area contributed by atoms with E-state index in [0.717, 1.165) is 24.0 Å². The van der Waals surface area contributed by atoms with Crippen molar-refractivity contribution in [3.8, 4) is 12.1 Å². The maximum atomic E-state index is 12.5. The van der Waals surface area contributed by atoms with Gasteiger partial charge in [-0.05, 0) is 18.8 Å². The fourth-order valence-corrected chi connectivity index (χ4v) is 4.03. The third kappa shape index (κ3) is 4.91. The van der Waals surface area contributed by atoms with Crippen molar-refractivity contribution in [3.63, 3.8) is 0 Å². The Labute approximate surface area is 130 Å². The molecule has 21 heavy (non-hydrogen) atoms.